The Labute approximate surface area is 124 Å². The van der Waals surface area contributed by atoms with Crippen molar-refractivity contribution in [3.8, 4) is 5.75 Å². The normalized spacial score (nSPS) is 10.8. The van der Waals surface area contributed by atoms with Gasteiger partial charge in [0.05, 0.1) is 0 Å². The number of rotatable bonds is 4. The molecule has 5 heteroatoms. The summed E-state index contributed by atoms with van der Waals surface area (Å²) in [5.41, 5.74) is 3.10. The zero-order valence-corrected chi connectivity index (χ0v) is 12.2. The molecule has 0 aliphatic rings. The predicted molar refractivity (Wildman–Crippen MR) is 72.6 cm³/mol. The standard InChI is InChI=1S/C15H16N2O2.ClH/c1-11-8-9-14(18)15(16-11)12(2)17-19-10-13-6-4-3-5-7-13;/h3-9,18H,10H2,1-2H3;1H. The van der Waals surface area contributed by atoms with Crippen LogP contribution < -0.4 is 17.6 Å². The van der Waals surface area contributed by atoms with Gasteiger partial charge in [-0.2, -0.15) is 0 Å². The molecule has 0 radical (unpaired) electrons. The van der Waals surface area contributed by atoms with Gasteiger partial charge in [-0.3, -0.25) is 4.84 Å². The van der Waals surface area contributed by atoms with E-state index in [4.69, 9.17) is 4.84 Å². The summed E-state index contributed by atoms with van der Waals surface area (Å²) in [6, 6.07) is 13.2. The molecule has 1 heterocycles. The number of pyridine rings is 1. The average molecular weight is 293 g/mol. The molecule has 2 rings (SSSR count). The van der Waals surface area contributed by atoms with Crippen LogP contribution in [-0.4, -0.2) is 15.8 Å². The summed E-state index contributed by atoms with van der Waals surface area (Å²) in [5, 5.41) is 12.6. The van der Waals surface area contributed by atoms with Gasteiger partial charge in [-0.25, -0.2) is 4.98 Å². The second-order valence-corrected chi connectivity index (χ2v) is 4.32. The lowest BCUT2D eigenvalue weighted by atomic mass is 10.2. The van der Waals surface area contributed by atoms with Gasteiger partial charge in [0.25, 0.3) is 5.71 Å². The van der Waals surface area contributed by atoms with Crippen molar-refractivity contribution in [2.45, 2.75) is 20.5 Å². The molecular weight excluding hydrogens is 276 g/mol. The van der Waals surface area contributed by atoms with Gasteiger partial charge >= 0.3 is 0 Å². The van der Waals surface area contributed by atoms with Crippen molar-refractivity contribution in [1.29, 1.82) is 0 Å². The van der Waals surface area contributed by atoms with E-state index in [1.165, 1.54) is 0 Å². The third-order valence-electron chi connectivity index (χ3n) is 2.68. The van der Waals surface area contributed by atoms with Crippen LogP contribution in [0, 0.1) is 6.92 Å². The number of hydrogen-bond acceptors (Lipinski definition) is 3. The first-order valence-corrected chi connectivity index (χ1v) is 6.09. The number of hydrogen-bond donors (Lipinski definition) is 2. The van der Waals surface area contributed by atoms with Crippen LogP contribution in [0.2, 0.25) is 0 Å². The number of nitrogens with zero attached hydrogens (tertiary/aromatic N) is 1. The van der Waals surface area contributed by atoms with Crippen LogP contribution in [0.3, 0.4) is 0 Å². The number of aromatic hydroxyl groups is 1. The first-order valence-electron chi connectivity index (χ1n) is 6.09. The zero-order chi connectivity index (χ0) is 13.7. The van der Waals surface area contributed by atoms with Crippen LogP contribution in [0.4, 0.5) is 0 Å². The van der Waals surface area contributed by atoms with Crippen molar-refractivity contribution >= 4 is 5.71 Å². The first kappa shape index (κ1) is 16.0. The Kier molecular flexibility index (Phi) is 6.00. The summed E-state index contributed by atoms with van der Waals surface area (Å²) in [6.07, 6.45) is 0. The Morgan fingerprint density at radius 2 is 1.90 bits per heavy atom. The van der Waals surface area contributed by atoms with E-state index in [1.54, 1.807) is 12.1 Å². The van der Waals surface area contributed by atoms with Gasteiger partial charge in [-0.15, -0.1) is 0 Å². The summed E-state index contributed by atoms with van der Waals surface area (Å²) >= 11 is 0. The molecule has 0 amide bonds. The van der Waals surface area contributed by atoms with Crippen molar-refractivity contribution in [2.24, 2.45) is 0 Å². The smallest absolute Gasteiger partial charge is 0.251 e. The van der Waals surface area contributed by atoms with E-state index in [-0.39, 0.29) is 18.2 Å². The highest BCUT2D eigenvalue weighted by Crippen LogP contribution is 2.13. The fourth-order valence-corrected chi connectivity index (χ4v) is 1.68. The molecule has 20 heavy (non-hydrogen) atoms. The number of halogens is 1. The summed E-state index contributed by atoms with van der Waals surface area (Å²) in [4.78, 5) is 9.66. The number of aryl methyl sites for hydroxylation is 1. The Morgan fingerprint density at radius 1 is 1.20 bits per heavy atom. The molecule has 0 fully saturated rings. The van der Waals surface area contributed by atoms with Crippen LogP contribution in [0.25, 0.3) is 0 Å². The molecule has 0 unspecified atom stereocenters. The highest BCUT2D eigenvalue weighted by molar-refractivity contribution is 5.94. The maximum absolute atomic E-state index is 9.74. The molecule has 2 N–H and O–H groups in total. The van der Waals surface area contributed by atoms with Gasteiger partial charge in [0, 0.05) is 12.6 Å². The van der Waals surface area contributed by atoms with E-state index in [0.717, 1.165) is 11.3 Å². The van der Waals surface area contributed by atoms with Gasteiger partial charge in [0.1, 0.15) is 5.75 Å². The molecular formula is C15H17ClN2O2. The molecule has 0 saturated carbocycles. The SMILES string of the molecule is CC(=[NH+]OCc1ccccc1)c1nc(C)ccc1O.[Cl-]. The number of aromatic nitrogens is 1. The first-order chi connectivity index (χ1) is 9.16. The second kappa shape index (κ2) is 7.50. The minimum Gasteiger partial charge on any atom is -1.00 e. The van der Waals surface area contributed by atoms with E-state index < -0.39 is 0 Å². The molecule has 0 aliphatic carbocycles. The van der Waals surface area contributed by atoms with E-state index in [2.05, 4.69) is 10.1 Å². The fourth-order valence-electron chi connectivity index (χ4n) is 1.68. The van der Waals surface area contributed by atoms with Crippen molar-refractivity contribution in [3.05, 3.63) is 59.4 Å². The highest BCUT2D eigenvalue weighted by Gasteiger charge is 2.12. The minimum absolute atomic E-state index is 0. The van der Waals surface area contributed by atoms with Crippen molar-refractivity contribution in [2.75, 3.05) is 0 Å². The summed E-state index contributed by atoms with van der Waals surface area (Å²) in [7, 11) is 0. The van der Waals surface area contributed by atoms with Crippen molar-refractivity contribution in [3.63, 3.8) is 0 Å². The molecule has 1 aromatic carbocycles. The van der Waals surface area contributed by atoms with Crippen LogP contribution in [0.1, 0.15) is 23.9 Å². The lowest BCUT2D eigenvalue weighted by molar-refractivity contribution is -0.758. The molecule has 0 bridgehead atoms. The molecule has 0 saturated heterocycles. The maximum Gasteiger partial charge on any atom is 0.251 e. The number of nitrogens with one attached hydrogen (secondary N) is 1. The van der Waals surface area contributed by atoms with Gasteiger partial charge in [-0.05, 0) is 29.8 Å². The van der Waals surface area contributed by atoms with Crippen molar-refractivity contribution < 1.29 is 27.5 Å². The van der Waals surface area contributed by atoms with Crippen LogP contribution in [0.5, 0.6) is 5.75 Å². The predicted octanol–water partition coefficient (Wildman–Crippen LogP) is -1.88. The number of benzene rings is 1. The van der Waals surface area contributed by atoms with Gasteiger partial charge < -0.3 is 17.5 Å². The maximum atomic E-state index is 9.74. The molecule has 4 nitrogen and oxygen atoms in total. The topological polar surface area (TPSA) is 56.3 Å². The van der Waals surface area contributed by atoms with Crippen LogP contribution in [-0.2, 0) is 11.4 Å². The van der Waals surface area contributed by atoms with E-state index in [1.807, 2.05) is 44.2 Å². The van der Waals surface area contributed by atoms with E-state index in [9.17, 15) is 5.11 Å². The quantitative estimate of drug-likeness (QED) is 0.512. The molecule has 2 aromatic rings. The summed E-state index contributed by atoms with van der Waals surface area (Å²) < 4.78 is 0. The Morgan fingerprint density at radius 3 is 2.60 bits per heavy atom. The lowest BCUT2D eigenvalue weighted by Gasteiger charge is -2.00. The van der Waals surface area contributed by atoms with Gasteiger partial charge in [0.2, 0.25) is 0 Å². The van der Waals surface area contributed by atoms with Gasteiger partial charge in [-0.1, -0.05) is 30.3 Å². The molecule has 0 atom stereocenters. The third-order valence-corrected chi connectivity index (χ3v) is 2.68. The Balaban J connectivity index is 0.00000200. The minimum atomic E-state index is 0. The van der Waals surface area contributed by atoms with Crippen molar-refractivity contribution in [1.82, 2.24) is 4.98 Å². The van der Waals surface area contributed by atoms with E-state index in [0.29, 0.717) is 18.0 Å². The monoisotopic (exact) mass is 292 g/mol. The highest BCUT2D eigenvalue weighted by atomic mass is 35.5. The molecule has 0 spiro atoms. The summed E-state index contributed by atoms with van der Waals surface area (Å²) in [6.45, 7) is 4.14. The zero-order valence-electron chi connectivity index (χ0n) is 11.4. The van der Waals surface area contributed by atoms with Crippen LogP contribution >= 0.6 is 0 Å². The third kappa shape index (κ3) is 4.24. The summed E-state index contributed by atoms with van der Waals surface area (Å²) in [5.74, 6) is 0.138. The Hall–Kier alpha value is -2.07. The van der Waals surface area contributed by atoms with Gasteiger partial charge in [0.15, 0.2) is 12.3 Å². The molecule has 1 aromatic heterocycles. The van der Waals surface area contributed by atoms with E-state index >= 15 is 0 Å². The van der Waals surface area contributed by atoms with Crippen LogP contribution in [0.15, 0.2) is 42.5 Å². The average Bonchev–Trinajstić information content (AvgIpc) is 2.42. The fraction of sp³-hybridized carbons (Fsp3) is 0.200. The second-order valence-electron chi connectivity index (χ2n) is 4.32. The lowest BCUT2D eigenvalue weighted by Crippen LogP contribution is -3.00. The largest absolute Gasteiger partial charge is 1.00 e. The molecule has 0 aliphatic heterocycles. The molecule has 106 valence electrons. The Bertz CT molecular complexity index is 586.